The summed E-state index contributed by atoms with van der Waals surface area (Å²) in [6.45, 7) is 5.26. The number of anilines is 1. The highest BCUT2D eigenvalue weighted by Gasteiger charge is 2.22. The van der Waals surface area contributed by atoms with Gasteiger partial charge >= 0.3 is 5.63 Å². The molecule has 2 heterocycles. The number of hydrogen-bond acceptors (Lipinski definition) is 4. The number of fused-ring (bicyclic) bond motifs is 3. The number of aryl methyl sites for hydroxylation is 2. The second kappa shape index (κ2) is 5.71. The lowest BCUT2D eigenvalue weighted by atomic mass is 10.0. The number of hydrogen-bond donors (Lipinski definition) is 0. The lowest BCUT2D eigenvalue weighted by molar-refractivity contribution is 0.289. The Labute approximate surface area is 140 Å². The van der Waals surface area contributed by atoms with Gasteiger partial charge in [0.1, 0.15) is 11.3 Å². The molecule has 0 amide bonds. The molecule has 3 aromatic rings. The molecule has 0 fully saturated rings. The first-order chi connectivity index (χ1) is 11.7. The van der Waals surface area contributed by atoms with E-state index in [4.69, 9.17) is 9.15 Å². The van der Waals surface area contributed by atoms with Crippen molar-refractivity contribution in [1.82, 2.24) is 0 Å². The van der Waals surface area contributed by atoms with Crippen LogP contribution in [0.3, 0.4) is 0 Å². The summed E-state index contributed by atoms with van der Waals surface area (Å²) in [4.78, 5) is 14.1. The Morgan fingerprint density at radius 3 is 2.83 bits per heavy atom. The van der Waals surface area contributed by atoms with Gasteiger partial charge in [0.05, 0.1) is 12.1 Å². The average molecular weight is 321 g/mol. The van der Waals surface area contributed by atoms with E-state index in [1.54, 1.807) is 6.07 Å². The molecule has 4 rings (SSSR count). The van der Waals surface area contributed by atoms with E-state index in [-0.39, 0.29) is 5.63 Å². The second-order valence-corrected chi connectivity index (χ2v) is 6.17. The smallest absolute Gasteiger partial charge is 0.336 e. The molecule has 1 aromatic heterocycles. The van der Waals surface area contributed by atoms with E-state index in [0.29, 0.717) is 18.9 Å². The largest absolute Gasteiger partial charge is 0.473 e. The standard InChI is InChI=1S/C20H19NO3/c1-3-14-10-19(22)24-20-16(14)7-8-18-17(20)11-21(12-23-18)15-6-4-5-13(2)9-15/h4-10H,3,11-12H2,1-2H3. The lowest BCUT2D eigenvalue weighted by Crippen LogP contribution is -2.32. The van der Waals surface area contributed by atoms with Gasteiger partial charge in [-0.3, -0.25) is 0 Å². The van der Waals surface area contributed by atoms with Crippen LogP contribution in [0.2, 0.25) is 0 Å². The molecular formula is C20H19NO3. The Balaban J connectivity index is 1.84. The maximum atomic E-state index is 11.9. The van der Waals surface area contributed by atoms with E-state index >= 15 is 0 Å². The molecule has 0 radical (unpaired) electrons. The van der Waals surface area contributed by atoms with Gasteiger partial charge in [-0.15, -0.1) is 0 Å². The van der Waals surface area contributed by atoms with Gasteiger partial charge in [0, 0.05) is 17.1 Å². The zero-order chi connectivity index (χ0) is 16.7. The van der Waals surface area contributed by atoms with Crippen molar-refractivity contribution in [3.63, 3.8) is 0 Å². The molecular weight excluding hydrogens is 302 g/mol. The Morgan fingerprint density at radius 1 is 1.17 bits per heavy atom. The van der Waals surface area contributed by atoms with E-state index in [2.05, 4.69) is 30.0 Å². The molecule has 1 aliphatic heterocycles. The molecule has 0 N–H and O–H groups in total. The van der Waals surface area contributed by atoms with Crippen molar-refractivity contribution in [2.75, 3.05) is 11.6 Å². The second-order valence-electron chi connectivity index (χ2n) is 6.17. The van der Waals surface area contributed by atoms with Gasteiger partial charge in [0.25, 0.3) is 0 Å². The Hall–Kier alpha value is -2.75. The molecule has 0 spiro atoms. The molecule has 24 heavy (non-hydrogen) atoms. The molecule has 122 valence electrons. The Morgan fingerprint density at radius 2 is 2.04 bits per heavy atom. The van der Waals surface area contributed by atoms with Crippen LogP contribution in [0, 0.1) is 6.92 Å². The van der Waals surface area contributed by atoms with Gasteiger partial charge in [-0.1, -0.05) is 19.1 Å². The monoisotopic (exact) mass is 321 g/mol. The van der Waals surface area contributed by atoms with Crippen molar-refractivity contribution >= 4 is 16.7 Å². The molecule has 1 aliphatic rings. The number of nitrogens with zero attached hydrogens (tertiary/aromatic N) is 1. The summed E-state index contributed by atoms with van der Waals surface area (Å²) >= 11 is 0. The van der Waals surface area contributed by atoms with Crippen molar-refractivity contribution in [2.24, 2.45) is 0 Å². The van der Waals surface area contributed by atoms with E-state index in [1.165, 1.54) is 5.56 Å². The van der Waals surface area contributed by atoms with E-state index in [9.17, 15) is 4.79 Å². The molecule has 4 heteroatoms. The normalized spacial score (nSPS) is 13.7. The third-order valence-electron chi connectivity index (χ3n) is 4.53. The van der Waals surface area contributed by atoms with Crippen LogP contribution in [0.5, 0.6) is 5.75 Å². The zero-order valence-electron chi connectivity index (χ0n) is 13.8. The summed E-state index contributed by atoms with van der Waals surface area (Å²) in [6, 6.07) is 13.9. The fourth-order valence-electron chi connectivity index (χ4n) is 3.28. The quantitative estimate of drug-likeness (QED) is 0.669. The average Bonchev–Trinajstić information content (AvgIpc) is 2.60. The Kier molecular flexibility index (Phi) is 3.53. The minimum Gasteiger partial charge on any atom is -0.473 e. The molecule has 0 bridgehead atoms. The summed E-state index contributed by atoms with van der Waals surface area (Å²) < 4.78 is 11.5. The van der Waals surface area contributed by atoms with Crippen LogP contribution < -0.4 is 15.3 Å². The van der Waals surface area contributed by atoms with Crippen LogP contribution in [0.25, 0.3) is 11.0 Å². The lowest BCUT2D eigenvalue weighted by Gasteiger charge is -2.31. The maximum Gasteiger partial charge on any atom is 0.336 e. The van der Waals surface area contributed by atoms with Crippen molar-refractivity contribution in [3.8, 4) is 5.75 Å². The van der Waals surface area contributed by atoms with Crippen molar-refractivity contribution in [2.45, 2.75) is 26.8 Å². The van der Waals surface area contributed by atoms with E-state index in [1.807, 2.05) is 25.1 Å². The predicted octanol–water partition coefficient (Wildman–Crippen LogP) is 4.02. The molecule has 0 atom stereocenters. The minimum atomic E-state index is -0.305. The number of benzene rings is 2. The first kappa shape index (κ1) is 14.8. The van der Waals surface area contributed by atoms with Crippen LogP contribution in [0.15, 0.2) is 51.7 Å². The zero-order valence-corrected chi connectivity index (χ0v) is 13.8. The highest BCUT2D eigenvalue weighted by atomic mass is 16.5. The van der Waals surface area contributed by atoms with Gasteiger partial charge in [-0.2, -0.15) is 0 Å². The minimum absolute atomic E-state index is 0.305. The predicted molar refractivity (Wildman–Crippen MR) is 94.7 cm³/mol. The Bertz CT molecular complexity index is 974. The summed E-state index contributed by atoms with van der Waals surface area (Å²) in [7, 11) is 0. The number of rotatable bonds is 2. The SMILES string of the molecule is CCc1cc(=O)oc2c3c(ccc12)OCN(c1cccc(C)c1)C3. The molecule has 0 unspecified atom stereocenters. The van der Waals surface area contributed by atoms with Gasteiger partial charge in [0.2, 0.25) is 0 Å². The van der Waals surface area contributed by atoms with Gasteiger partial charge < -0.3 is 14.1 Å². The van der Waals surface area contributed by atoms with Crippen molar-refractivity contribution in [3.05, 3.63) is 69.6 Å². The molecule has 0 aliphatic carbocycles. The van der Waals surface area contributed by atoms with Crippen LogP contribution in [0.4, 0.5) is 5.69 Å². The molecule has 0 saturated heterocycles. The van der Waals surface area contributed by atoms with Crippen LogP contribution in [-0.4, -0.2) is 6.73 Å². The van der Waals surface area contributed by atoms with Crippen LogP contribution in [-0.2, 0) is 13.0 Å². The fraction of sp³-hybridized carbons (Fsp3) is 0.250. The molecule has 4 nitrogen and oxygen atoms in total. The highest BCUT2D eigenvalue weighted by Crippen LogP contribution is 2.34. The van der Waals surface area contributed by atoms with Gasteiger partial charge in [-0.05, 0) is 48.7 Å². The highest BCUT2D eigenvalue weighted by molar-refractivity contribution is 5.85. The first-order valence-corrected chi connectivity index (χ1v) is 8.18. The molecule has 0 saturated carbocycles. The van der Waals surface area contributed by atoms with E-state index in [0.717, 1.165) is 34.4 Å². The summed E-state index contributed by atoms with van der Waals surface area (Å²) in [6.07, 6.45) is 0.795. The van der Waals surface area contributed by atoms with Crippen molar-refractivity contribution < 1.29 is 9.15 Å². The van der Waals surface area contributed by atoms with Crippen molar-refractivity contribution in [1.29, 1.82) is 0 Å². The summed E-state index contributed by atoms with van der Waals surface area (Å²) in [5.41, 5.74) is 4.60. The van der Waals surface area contributed by atoms with Crippen LogP contribution in [0.1, 0.15) is 23.6 Å². The van der Waals surface area contributed by atoms with Crippen LogP contribution >= 0.6 is 0 Å². The first-order valence-electron chi connectivity index (χ1n) is 8.18. The van der Waals surface area contributed by atoms with Gasteiger partial charge in [-0.25, -0.2) is 4.79 Å². The third kappa shape index (κ3) is 2.44. The third-order valence-corrected chi connectivity index (χ3v) is 4.53. The maximum absolute atomic E-state index is 11.9. The molecule has 2 aromatic carbocycles. The summed E-state index contributed by atoms with van der Waals surface area (Å²) in [5.74, 6) is 0.794. The van der Waals surface area contributed by atoms with E-state index < -0.39 is 0 Å². The summed E-state index contributed by atoms with van der Waals surface area (Å²) in [5, 5.41) is 0.991. The van der Waals surface area contributed by atoms with Gasteiger partial charge in [0.15, 0.2) is 6.73 Å². The topological polar surface area (TPSA) is 42.7 Å². The number of ether oxygens (including phenoxy) is 1. The fourth-order valence-corrected chi connectivity index (χ4v) is 3.28.